The number of methoxy groups -OCH3 is 1. The number of nitrogens with zero attached hydrogens (tertiary/aromatic N) is 4. The van der Waals surface area contributed by atoms with Crippen molar-refractivity contribution in [3.63, 3.8) is 0 Å². The molecule has 0 aliphatic heterocycles. The maximum absolute atomic E-state index is 11.8. The second-order valence-corrected chi connectivity index (χ2v) is 10.4. The Kier molecular flexibility index (Phi) is 10.7. The zero-order valence-electron chi connectivity index (χ0n) is 23.2. The average Bonchev–Trinajstić information content (AvgIpc) is 3.29. The molecule has 0 amide bonds. The third-order valence-electron chi connectivity index (χ3n) is 5.52. The maximum Gasteiger partial charge on any atom is 0.231 e. The second-order valence-electron chi connectivity index (χ2n) is 8.42. The van der Waals surface area contributed by atoms with Gasteiger partial charge in [-0.05, 0) is 44.5 Å². The van der Waals surface area contributed by atoms with Gasteiger partial charge in [-0.25, -0.2) is 8.42 Å². The van der Waals surface area contributed by atoms with Crippen LogP contribution in [0.5, 0.6) is 5.75 Å². The zero-order valence-corrected chi connectivity index (χ0v) is 24.0. The van der Waals surface area contributed by atoms with Crippen LogP contribution in [0.4, 0.5) is 11.5 Å². The molecular formula is C26H37N7O4S. The normalized spacial score (nSPS) is 14.2. The Labute approximate surface area is 224 Å². The van der Waals surface area contributed by atoms with Crippen molar-refractivity contribution in [2.24, 2.45) is 15.7 Å². The van der Waals surface area contributed by atoms with E-state index in [-0.39, 0.29) is 0 Å². The van der Waals surface area contributed by atoms with Crippen molar-refractivity contribution in [3.05, 3.63) is 70.5 Å². The molecule has 1 aromatic heterocycles. The average molecular weight is 544 g/mol. The summed E-state index contributed by atoms with van der Waals surface area (Å²) in [6, 6.07) is 8.47. The number of H-pyrrole nitrogens is 1. The minimum atomic E-state index is -3.37. The number of allylic oxidation sites excluding steroid dienone is 2. The molecule has 0 radical (unpaired) electrons. The number of nitrogens with one attached hydrogen (secondary N) is 2. The topological polar surface area (TPSA) is 147 Å². The summed E-state index contributed by atoms with van der Waals surface area (Å²) in [5.41, 5.74) is 9.75. The highest BCUT2D eigenvalue weighted by atomic mass is 32.2. The molecule has 0 fully saturated rings. The highest BCUT2D eigenvalue weighted by Gasteiger charge is 2.20. The third-order valence-corrected chi connectivity index (χ3v) is 6.73. The summed E-state index contributed by atoms with van der Waals surface area (Å²) in [4.78, 5) is 8.82. The van der Waals surface area contributed by atoms with Crippen LogP contribution < -0.4 is 20.1 Å². The van der Waals surface area contributed by atoms with E-state index in [1.807, 2.05) is 26.8 Å². The molecule has 4 N–H and O–H groups in total. The van der Waals surface area contributed by atoms with Crippen LogP contribution in [-0.2, 0) is 14.8 Å². The van der Waals surface area contributed by atoms with E-state index in [0.717, 1.165) is 29.5 Å². The lowest BCUT2D eigenvalue weighted by Gasteiger charge is -2.19. The van der Waals surface area contributed by atoms with Gasteiger partial charge in [-0.1, -0.05) is 12.5 Å². The molecule has 12 heteroatoms. The van der Waals surface area contributed by atoms with Crippen LogP contribution >= 0.6 is 0 Å². The molecule has 2 aromatic rings. The molecule has 1 heterocycles. The number of hydrogen-bond donors (Lipinski definition) is 3. The zero-order chi connectivity index (χ0) is 28.5. The molecule has 0 atom stereocenters. The van der Waals surface area contributed by atoms with Gasteiger partial charge in [0.2, 0.25) is 10.0 Å². The molecule has 1 aromatic carbocycles. The fraction of sp³-hybridized carbons (Fsp3) is 0.346. The van der Waals surface area contributed by atoms with Gasteiger partial charge in [0, 0.05) is 56.3 Å². The Bertz CT molecular complexity index is 1370. The number of aryl methyl sites for hydroxylation is 1. The summed E-state index contributed by atoms with van der Waals surface area (Å²) in [5, 5.41) is 10.4. The largest absolute Gasteiger partial charge is 0.492 e. The smallest absolute Gasteiger partial charge is 0.231 e. The minimum absolute atomic E-state index is 0.300. The van der Waals surface area contributed by atoms with Crippen molar-refractivity contribution in [1.29, 1.82) is 0 Å². The summed E-state index contributed by atoms with van der Waals surface area (Å²) in [5.74, 6) is 2.08. The van der Waals surface area contributed by atoms with E-state index >= 15 is 0 Å². The standard InChI is InChI=1S/C26H37N7O4S/c1-9-17(2)24(20(15-27)16-28-5)25(36-7)26(30-23-14-18(3)31-32-23)29-19(4)37-22-12-10-21(11-13-22)33(6)38(8,34)35/h10-16H,9,27H2,1-8H3,(H2,30,31,32)/b20-15+,24-17+,26-25-,28-16?,29-19+. The molecule has 0 spiro atoms. The second kappa shape index (κ2) is 13.5. The van der Waals surface area contributed by atoms with Gasteiger partial charge in [0.05, 0.1) is 19.1 Å². The van der Waals surface area contributed by atoms with E-state index < -0.39 is 10.0 Å². The van der Waals surface area contributed by atoms with E-state index in [9.17, 15) is 8.42 Å². The Hall–Kier alpha value is -4.06. The number of ether oxygens (including phenoxy) is 2. The minimum Gasteiger partial charge on any atom is -0.492 e. The molecule has 0 bridgehead atoms. The van der Waals surface area contributed by atoms with Crippen LogP contribution in [0.2, 0.25) is 0 Å². The first-order valence-corrected chi connectivity index (χ1v) is 13.7. The molecule has 38 heavy (non-hydrogen) atoms. The quantitative estimate of drug-likeness (QED) is 0.167. The summed E-state index contributed by atoms with van der Waals surface area (Å²) in [6.45, 7) is 7.61. The Morgan fingerprint density at radius 2 is 1.92 bits per heavy atom. The number of benzene rings is 1. The number of hydrogen-bond acceptors (Lipinski definition) is 9. The number of rotatable bonds is 11. The predicted octanol–water partition coefficient (Wildman–Crippen LogP) is 4.11. The van der Waals surface area contributed by atoms with Gasteiger partial charge >= 0.3 is 0 Å². The van der Waals surface area contributed by atoms with Crippen LogP contribution in [0.25, 0.3) is 0 Å². The van der Waals surface area contributed by atoms with E-state index in [4.69, 9.17) is 15.2 Å². The van der Waals surface area contributed by atoms with Crippen molar-refractivity contribution in [2.45, 2.75) is 34.1 Å². The Balaban J connectivity index is 2.59. The van der Waals surface area contributed by atoms with Crippen LogP contribution in [0.3, 0.4) is 0 Å². The van der Waals surface area contributed by atoms with E-state index in [1.165, 1.54) is 17.6 Å². The fourth-order valence-electron chi connectivity index (χ4n) is 3.40. The highest BCUT2D eigenvalue weighted by molar-refractivity contribution is 7.92. The maximum atomic E-state index is 11.8. The third kappa shape index (κ3) is 7.97. The first-order valence-electron chi connectivity index (χ1n) is 11.8. The number of aromatic nitrogens is 2. The number of anilines is 2. The first-order chi connectivity index (χ1) is 17.9. The van der Waals surface area contributed by atoms with Crippen LogP contribution in [0.1, 0.15) is 32.9 Å². The molecule has 11 nitrogen and oxygen atoms in total. The molecular weight excluding hydrogens is 506 g/mol. The number of aliphatic imine (C=N–C) groups is 2. The molecule has 0 unspecified atom stereocenters. The van der Waals surface area contributed by atoms with Crippen LogP contribution in [0, 0.1) is 6.92 Å². The van der Waals surface area contributed by atoms with Crippen molar-refractivity contribution < 1.29 is 17.9 Å². The van der Waals surface area contributed by atoms with Crippen LogP contribution in [-0.4, -0.2) is 58.2 Å². The summed E-state index contributed by atoms with van der Waals surface area (Å²) in [7, 11) is 1.33. The lowest BCUT2D eigenvalue weighted by atomic mass is 9.98. The van der Waals surface area contributed by atoms with Gasteiger partial charge in [-0.3, -0.25) is 14.4 Å². The molecule has 2 rings (SSSR count). The molecule has 0 saturated heterocycles. The van der Waals surface area contributed by atoms with Gasteiger partial charge in [-0.15, -0.1) is 0 Å². The van der Waals surface area contributed by atoms with E-state index in [0.29, 0.717) is 40.3 Å². The summed E-state index contributed by atoms with van der Waals surface area (Å²) >= 11 is 0. The van der Waals surface area contributed by atoms with Crippen molar-refractivity contribution in [1.82, 2.24) is 10.2 Å². The van der Waals surface area contributed by atoms with E-state index in [1.54, 1.807) is 51.6 Å². The molecule has 0 saturated carbocycles. The van der Waals surface area contributed by atoms with Crippen molar-refractivity contribution >= 4 is 33.6 Å². The van der Waals surface area contributed by atoms with Gasteiger partial charge < -0.3 is 20.5 Å². The van der Waals surface area contributed by atoms with Gasteiger partial charge in [0.25, 0.3) is 0 Å². The van der Waals surface area contributed by atoms with Crippen molar-refractivity contribution in [2.75, 3.05) is 37.1 Å². The van der Waals surface area contributed by atoms with Crippen molar-refractivity contribution in [3.8, 4) is 5.75 Å². The molecule has 206 valence electrons. The van der Waals surface area contributed by atoms with E-state index in [2.05, 4.69) is 25.5 Å². The fourth-order valence-corrected chi connectivity index (χ4v) is 3.91. The van der Waals surface area contributed by atoms with Gasteiger partial charge in [-0.2, -0.15) is 10.1 Å². The summed E-state index contributed by atoms with van der Waals surface area (Å²) in [6.07, 6.45) is 5.01. The lowest BCUT2D eigenvalue weighted by molar-refractivity contribution is 0.296. The summed E-state index contributed by atoms with van der Waals surface area (Å²) < 4.78 is 36.6. The predicted molar refractivity (Wildman–Crippen MR) is 154 cm³/mol. The number of sulfonamides is 1. The first kappa shape index (κ1) is 30.2. The highest BCUT2D eigenvalue weighted by Crippen LogP contribution is 2.29. The SMILES string of the molecule is CC/C(C)=C(C(\C=NC)=C\N)/C(OC)=C(\N=C(/C)Oc1ccc(N(C)S(C)(=O)=O)cc1)Nc1cc(C)[nH]n1. The molecule has 0 aliphatic rings. The Morgan fingerprint density at radius 3 is 2.39 bits per heavy atom. The monoisotopic (exact) mass is 543 g/mol. The molecule has 0 aliphatic carbocycles. The Morgan fingerprint density at radius 1 is 1.26 bits per heavy atom. The van der Waals surface area contributed by atoms with Crippen LogP contribution in [0.15, 0.2) is 74.8 Å². The number of aromatic amines is 1. The number of nitrogens with two attached hydrogens (primary N) is 1. The lowest BCUT2D eigenvalue weighted by Crippen LogP contribution is -2.24. The van der Waals surface area contributed by atoms with Gasteiger partial charge in [0.15, 0.2) is 23.3 Å². The van der Waals surface area contributed by atoms with Gasteiger partial charge in [0.1, 0.15) is 5.75 Å².